The number of anilines is 1. The van der Waals surface area contributed by atoms with E-state index in [1.165, 1.54) is 22.6 Å². The molecule has 4 aromatic rings. The summed E-state index contributed by atoms with van der Waals surface area (Å²) < 4.78 is 6.98. The molecule has 3 N–H and O–H groups in total. The highest BCUT2D eigenvalue weighted by Crippen LogP contribution is 2.36. The minimum Gasteiger partial charge on any atom is -0.506 e. The van der Waals surface area contributed by atoms with Crippen molar-refractivity contribution in [2.24, 2.45) is 12.8 Å². The highest BCUT2D eigenvalue weighted by molar-refractivity contribution is 8.13. The zero-order valence-corrected chi connectivity index (χ0v) is 19.5. The fraction of sp³-hybridized carbons (Fsp3) is 0.130. The number of thioether (sulfide) groups is 1. The van der Waals surface area contributed by atoms with Crippen LogP contribution in [-0.2, 0) is 11.8 Å². The Morgan fingerprint density at radius 2 is 1.74 bits per heavy atom. The van der Waals surface area contributed by atoms with Crippen LogP contribution in [0.5, 0.6) is 11.5 Å². The minimum absolute atomic E-state index is 0.0228. The molecular weight excluding hydrogens is 472 g/mol. The highest BCUT2D eigenvalue weighted by Gasteiger charge is 2.31. The molecule has 1 unspecified atom stereocenters. The van der Waals surface area contributed by atoms with Crippen molar-refractivity contribution >= 4 is 45.3 Å². The summed E-state index contributed by atoms with van der Waals surface area (Å²) in [6.45, 7) is 1.51. The zero-order valence-electron chi connectivity index (χ0n) is 18.7. The quantitative estimate of drug-likeness (QED) is 0.235. The maximum absolute atomic E-state index is 13.3. The van der Waals surface area contributed by atoms with Gasteiger partial charge in [0.2, 0.25) is 5.16 Å². The first-order valence-corrected chi connectivity index (χ1v) is 11.1. The van der Waals surface area contributed by atoms with Gasteiger partial charge >= 0.3 is 5.97 Å². The molecule has 0 spiro atoms. The van der Waals surface area contributed by atoms with Crippen LogP contribution in [0, 0.1) is 0 Å². The van der Waals surface area contributed by atoms with E-state index in [9.17, 15) is 19.5 Å². The van der Waals surface area contributed by atoms with Crippen molar-refractivity contribution in [1.29, 1.82) is 0 Å². The maximum atomic E-state index is 13.3. The van der Waals surface area contributed by atoms with Gasteiger partial charge in [0.1, 0.15) is 17.5 Å². The fourth-order valence-corrected chi connectivity index (χ4v) is 4.17. The second kappa shape index (κ2) is 9.81. The topological polar surface area (TPSA) is 154 Å². The summed E-state index contributed by atoms with van der Waals surface area (Å²) in [5.74, 6) is -1.94. The van der Waals surface area contributed by atoms with Gasteiger partial charge in [-0.1, -0.05) is 42.5 Å². The number of aryl methyl sites for hydroxylation is 1. The van der Waals surface area contributed by atoms with Crippen LogP contribution in [0.15, 0.2) is 65.8 Å². The number of primary amides is 1. The molecule has 0 aliphatic heterocycles. The maximum Gasteiger partial charge on any atom is 0.334 e. The van der Waals surface area contributed by atoms with Gasteiger partial charge in [-0.25, -0.2) is 9.48 Å². The molecule has 0 bridgehead atoms. The number of para-hydroxylation sites is 1. The van der Waals surface area contributed by atoms with E-state index in [1.807, 2.05) is 0 Å². The standard InChI is InChI=1S/C23H20N6O5S/c1-13(29(14-8-4-3-5-9-14)23(33)35-22-25-26-27-28(22)2)21(32)34-18-12-17(20(24)31)19(30)16-11-7-6-10-15(16)18/h3-13,30H,1-2H3,(H2,24,31). The first-order valence-electron chi connectivity index (χ1n) is 10.3. The molecule has 4 rings (SSSR count). The molecule has 1 aromatic heterocycles. The Bertz CT molecular complexity index is 1420. The number of hydrogen-bond donors (Lipinski definition) is 2. The van der Waals surface area contributed by atoms with Gasteiger partial charge < -0.3 is 15.6 Å². The number of carbonyl (C=O) groups excluding carboxylic acids is 3. The average molecular weight is 493 g/mol. The number of hydrogen-bond acceptors (Lipinski definition) is 9. The molecule has 0 radical (unpaired) electrons. The molecule has 3 aromatic carbocycles. The van der Waals surface area contributed by atoms with Crippen LogP contribution in [0.25, 0.3) is 10.8 Å². The number of nitrogens with zero attached hydrogens (tertiary/aromatic N) is 5. The summed E-state index contributed by atoms with van der Waals surface area (Å²) in [5.41, 5.74) is 5.65. The van der Waals surface area contributed by atoms with E-state index in [-0.39, 0.29) is 22.2 Å². The number of tetrazole rings is 1. The second-order valence-electron chi connectivity index (χ2n) is 7.44. The number of carbonyl (C=O) groups is 3. The molecule has 178 valence electrons. The van der Waals surface area contributed by atoms with Gasteiger partial charge in [-0.05, 0) is 35.5 Å². The van der Waals surface area contributed by atoms with Crippen molar-refractivity contribution in [3.63, 3.8) is 0 Å². The van der Waals surface area contributed by atoms with Gasteiger partial charge in [-0.3, -0.25) is 14.5 Å². The summed E-state index contributed by atoms with van der Waals surface area (Å²) in [5, 5.41) is 21.9. The van der Waals surface area contributed by atoms with Gasteiger partial charge in [0.05, 0.1) is 5.56 Å². The van der Waals surface area contributed by atoms with Crippen LogP contribution < -0.4 is 15.4 Å². The van der Waals surface area contributed by atoms with E-state index in [2.05, 4.69) is 15.5 Å². The highest BCUT2D eigenvalue weighted by atomic mass is 32.2. The first-order chi connectivity index (χ1) is 16.8. The van der Waals surface area contributed by atoms with Crippen LogP contribution in [0.4, 0.5) is 10.5 Å². The number of phenols is 1. The number of ether oxygens (including phenoxy) is 1. The van der Waals surface area contributed by atoms with E-state index < -0.39 is 23.2 Å². The Labute approximate surface area is 203 Å². The lowest BCUT2D eigenvalue weighted by Crippen LogP contribution is -2.43. The Kier molecular flexibility index (Phi) is 6.64. The van der Waals surface area contributed by atoms with Crippen LogP contribution in [0.2, 0.25) is 0 Å². The number of rotatable bonds is 6. The van der Waals surface area contributed by atoms with Crippen LogP contribution in [0.3, 0.4) is 0 Å². The molecule has 12 heteroatoms. The summed E-state index contributed by atoms with van der Waals surface area (Å²) in [4.78, 5) is 39.6. The van der Waals surface area contributed by atoms with Gasteiger partial charge in [-0.2, -0.15) is 0 Å². The lowest BCUT2D eigenvalue weighted by Gasteiger charge is -2.27. The van der Waals surface area contributed by atoms with Crippen LogP contribution in [0.1, 0.15) is 17.3 Å². The second-order valence-corrected chi connectivity index (χ2v) is 8.35. The summed E-state index contributed by atoms with van der Waals surface area (Å²) >= 11 is 0.755. The van der Waals surface area contributed by atoms with E-state index in [0.29, 0.717) is 16.5 Å². The van der Waals surface area contributed by atoms with E-state index >= 15 is 0 Å². The van der Waals surface area contributed by atoms with Gasteiger partial charge in [0.25, 0.3) is 11.1 Å². The average Bonchev–Trinajstić information content (AvgIpc) is 3.25. The molecular formula is C23H20N6O5S. The lowest BCUT2D eigenvalue weighted by molar-refractivity contribution is -0.135. The number of esters is 1. The Balaban J connectivity index is 1.69. The number of aromatic hydroxyl groups is 1. The zero-order chi connectivity index (χ0) is 25.1. The third-order valence-corrected chi connectivity index (χ3v) is 6.07. The third-order valence-electron chi connectivity index (χ3n) is 5.17. The molecule has 1 heterocycles. The summed E-state index contributed by atoms with van der Waals surface area (Å²) in [6.07, 6.45) is 0. The molecule has 2 amide bonds. The Morgan fingerprint density at radius 1 is 1.09 bits per heavy atom. The Hall–Kier alpha value is -4.45. The van der Waals surface area contributed by atoms with Crippen LogP contribution in [-0.4, -0.2) is 48.5 Å². The molecule has 0 aliphatic rings. The molecule has 11 nitrogen and oxygen atoms in total. The number of nitrogens with two attached hydrogens (primary N) is 1. The molecule has 0 saturated heterocycles. The monoisotopic (exact) mass is 492 g/mol. The smallest absolute Gasteiger partial charge is 0.334 e. The third kappa shape index (κ3) is 4.77. The van der Waals surface area contributed by atoms with E-state index in [1.54, 1.807) is 61.6 Å². The van der Waals surface area contributed by atoms with Crippen molar-refractivity contribution in [2.75, 3.05) is 4.90 Å². The molecule has 0 aliphatic carbocycles. The normalized spacial score (nSPS) is 11.7. The first kappa shape index (κ1) is 23.7. The summed E-state index contributed by atoms with van der Waals surface area (Å²) in [7, 11) is 1.59. The Morgan fingerprint density at radius 3 is 2.37 bits per heavy atom. The largest absolute Gasteiger partial charge is 0.506 e. The molecule has 0 saturated carbocycles. The number of benzene rings is 3. The number of amides is 2. The lowest BCUT2D eigenvalue weighted by atomic mass is 10.0. The van der Waals surface area contributed by atoms with Crippen molar-refractivity contribution < 1.29 is 24.2 Å². The van der Waals surface area contributed by atoms with Gasteiger partial charge in [0, 0.05) is 35.3 Å². The molecule has 1 atom stereocenters. The van der Waals surface area contributed by atoms with E-state index in [0.717, 1.165) is 11.8 Å². The summed E-state index contributed by atoms with van der Waals surface area (Å²) in [6, 6.07) is 15.3. The van der Waals surface area contributed by atoms with Crippen molar-refractivity contribution in [1.82, 2.24) is 20.2 Å². The van der Waals surface area contributed by atoms with Crippen LogP contribution >= 0.6 is 11.8 Å². The minimum atomic E-state index is -1.08. The van der Waals surface area contributed by atoms with E-state index in [4.69, 9.17) is 10.5 Å². The van der Waals surface area contributed by atoms with Gasteiger partial charge in [0.15, 0.2) is 0 Å². The fourth-order valence-electron chi connectivity index (χ4n) is 3.41. The van der Waals surface area contributed by atoms with Crippen molar-refractivity contribution in [3.05, 3.63) is 66.2 Å². The molecule has 35 heavy (non-hydrogen) atoms. The molecule has 0 fully saturated rings. The number of fused-ring (bicyclic) bond motifs is 1. The number of aromatic nitrogens is 4. The van der Waals surface area contributed by atoms with Crippen molar-refractivity contribution in [3.8, 4) is 11.5 Å². The van der Waals surface area contributed by atoms with Crippen molar-refractivity contribution in [2.45, 2.75) is 18.1 Å². The van der Waals surface area contributed by atoms with Gasteiger partial charge in [-0.15, -0.1) is 5.10 Å². The predicted molar refractivity (Wildman–Crippen MR) is 128 cm³/mol. The SMILES string of the molecule is CC(C(=O)Oc1cc(C(N)=O)c(O)c2ccccc12)N(C(=O)Sc1nnnn1C)c1ccccc1. The predicted octanol–water partition coefficient (Wildman–Crippen LogP) is 2.88.